The van der Waals surface area contributed by atoms with Crippen molar-refractivity contribution < 1.29 is 13.2 Å². The summed E-state index contributed by atoms with van der Waals surface area (Å²) in [6.45, 7) is 5.17. The number of rotatable bonds is 7. The highest BCUT2D eigenvalue weighted by atomic mass is 32.2. The summed E-state index contributed by atoms with van der Waals surface area (Å²) in [5.41, 5.74) is 0. The fourth-order valence-corrected chi connectivity index (χ4v) is 1.33. The molecule has 0 aromatic rings. The van der Waals surface area contributed by atoms with Crippen molar-refractivity contribution in [3.63, 3.8) is 0 Å². The van der Waals surface area contributed by atoms with Crippen LogP contribution >= 0.6 is 0 Å². The van der Waals surface area contributed by atoms with Gasteiger partial charge in [-0.05, 0) is 6.54 Å². The van der Waals surface area contributed by atoms with Gasteiger partial charge in [0.1, 0.15) is 0 Å². The average Bonchev–Trinajstić information content (AvgIpc) is 2.11. The Morgan fingerprint density at radius 2 is 2.07 bits per heavy atom. The van der Waals surface area contributed by atoms with Crippen molar-refractivity contribution in [1.82, 2.24) is 10.6 Å². The van der Waals surface area contributed by atoms with E-state index >= 15 is 0 Å². The number of sulfonamides is 1. The number of hydrogen-bond acceptors (Lipinski definition) is 4. The molecule has 0 aliphatic heterocycles. The first-order valence-corrected chi connectivity index (χ1v) is 6.57. The molecular formula is C8H19N3O3S. The molecule has 15 heavy (non-hydrogen) atoms. The summed E-state index contributed by atoms with van der Waals surface area (Å²) in [4.78, 5) is 11.3. The molecule has 6 nitrogen and oxygen atoms in total. The van der Waals surface area contributed by atoms with Gasteiger partial charge in [0.2, 0.25) is 15.9 Å². The van der Waals surface area contributed by atoms with Crippen molar-refractivity contribution in [2.75, 3.05) is 25.4 Å². The van der Waals surface area contributed by atoms with Gasteiger partial charge in [-0.1, -0.05) is 13.8 Å². The Hall–Kier alpha value is -0.660. The fraction of sp³-hybridized carbons (Fsp3) is 0.875. The molecule has 0 rings (SSSR count). The first kappa shape index (κ1) is 14.3. The van der Waals surface area contributed by atoms with Crippen LogP contribution in [0.5, 0.6) is 0 Å². The largest absolute Gasteiger partial charge is 0.355 e. The van der Waals surface area contributed by atoms with Gasteiger partial charge in [0.25, 0.3) is 0 Å². The van der Waals surface area contributed by atoms with Crippen molar-refractivity contribution in [3.05, 3.63) is 0 Å². The van der Waals surface area contributed by atoms with Crippen molar-refractivity contribution in [3.8, 4) is 0 Å². The van der Waals surface area contributed by atoms with Crippen LogP contribution in [-0.4, -0.2) is 39.7 Å². The molecule has 0 heterocycles. The van der Waals surface area contributed by atoms with Gasteiger partial charge in [0.05, 0.1) is 5.75 Å². The van der Waals surface area contributed by atoms with Crippen LogP contribution in [0.2, 0.25) is 0 Å². The Morgan fingerprint density at radius 1 is 1.47 bits per heavy atom. The van der Waals surface area contributed by atoms with Gasteiger partial charge in [-0.15, -0.1) is 0 Å². The minimum atomic E-state index is -3.49. The van der Waals surface area contributed by atoms with Crippen molar-refractivity contribution in [2.45, 2.75) is 13.8 Å². The summed E-state index contributed by atoms with van der Waals surface area (Å²) in [5, 5.41) is 10.3. The third-order valence-corrected chi connectivity index (χ3v) is 2.61. The highest BCUT2D eigenvalue weighted by molar-refractivity contribution is 7.89. The van der Waals surface area contributed by atoms with Crippen molar-refractivity contribution >= 4 is 15.9 Å². The molecule has 0 aliphatic carbocycles. The molecule has 0 spiro atoms. The maximum absolute atomic E-state index is 11.3. The van der Waals surface area contributed by atoms with Gasteiger partial charge >= 0.3 is 0 Å². The van der Waals surface area contributed by atoms with Crippen molar-refractivity contribution in [2.24, 2.45) is 11.1 Å². The van der Waals surface area contributed by atoms with Crippen LogP contribution in [0, 0.1) is 5.92 Å². The van der Waals surface area contributed by atoms with Crippen LogP contribution in [0.1, 0.15) is 13.8 Å². The van der Waals surface area contributed by atoms with Gasteiger partial charge in [0.15, 0.2) is 0 Å². The number of nitrogens with one attached hydrogen (secondary N) is 2. The second-order valence-electron chi connectivity index (χ2n) is 3.37. The minimum absolute atomic E-state index is 0.0636. The normalized spacial score (nSPS) is 13.5. The number of primary sulfonamides is 1. The maximum atomic E-state index is 11.3. The van der Waals surface area contributed by atoms with Crippen LogP contribution in [0.15, 0.2) is 0 Å². The molecule has 0 fully saturated rings. The van der Waals surface area contributed by atoms with E-state index < -0.39 is 10.0 Å². The molecule has 1 unspecified atom stereocenters. The first-order valence-electron chi connectivity index (χ1n) is 4.85. The van der Waals surface area contributed by atoms with E-state index in [1.807, 2.05) is 6.92 Å². The summed E-state index contributed by atoms with van der Waals surface area (Å²) in [6, 6.07) is 0. The molecular weight excluding hydrogens is 218 g/mol. The van der Waals surface area contributed by atoms with E-state index in [9.17, 15) is 13.2 Å². The Morgan fingerprint density at radius 3 is 2.53 bits per heavy atom. The van der Waals surface area contributed by atoms with E-state index in [4.69, 9.17) is 5.14 Å². The zero-order valence-corrected chi connectivity index (χ0v) is 9.93. The summed E-state index contributed by atoms with van der Waals surface area (Å²) >= 11 is 0. The second-order valence-corrected chi connectivity index (χ2v) is 5.10. The molecule has 1 atom stereocenters. The number of carbonyl (C=O) groups is 1. The SMILES string of the molecule is CCNCC(C)C(=O)NCCS(N)(=O)=O. The maximum Gasteiger partial charge on any atom is 0.224 e. The molecule has 90 valence electrons. The van der Waals surface area contributed by atoms with E-state index in [2.05, 4.69) is 10.6 Å². The number of nitrogens with two attached hydrogens (primary N) is 1. The standard InChI is InChI=1S/C8H19N3O3S/c1-3-10-6-7(2)8(12)11-4-5-15(9,13)14/h7,10H,3-6H2,1-2H3,(H,11,12)(H2,9,13,14). The lowest BCUT2D eigenvalue weighted by Gasteiger charge is -2.11. The zero-order chi connectivity index (χ0) is 11.9. The molecule has 1 amide bonds. The van der Waals surface area contributed by atoms with Crippen LogP contribution in [0.4, 0.5) is 0 Å². The smallest absolute Gasteiger partial charge is 0.224 e. The van der Waals surface area contributed by atoms with Gasteiger partial charge in [-0.25, -0.2) is 13.6 Å². The predicted octanol–water partition coefficient (Wildman–Crippen LogP) is -1.36. The zero-order valence-electron chi connectivity index (χ0n) is 9.12. The molecule has 0 aromatic carbocycles. The van der Waals surface area contributed by atoms with E-state index in [-0.39, 0.29) is 24.1 Å². The first-order chi connectivity index (χ1) is 6.87. The summed E-state index contributed by atoms with van der Waals surface area (Å²) in [5.74, 6) is -0.572. The third-order valence-electron chi connectivity index (χ3n) is 1.83. The van der Waals surface area contributed by atoms with Crippen molar-refractivity contribution in [1.29, 1.82) is 0 Å². The number of hydrogen-bond donors (Lipinski definition) is 3. The van der Waals surface area contributed by atoms with E-state index in [0.717, 1.165) is 6.54 Å². The molecule has 4 N–H and O–H groups in total. The van der Waals surface area contributed by atoms with E-state index in [0.29, 0.717) is 6.54 Å². The topological polar surface area (TPSA) is 101 Å². The molecule has 7 heteroatoms. The Balaban J connectivity index is 3.74. The third kappa shape index (κ3) is 8.34. The highest BCUT2D eigenvalue weighted by Gasteiger charge is 2.12. The van der Waals surface area contributed by atoms with E-state index in [1.165, 1.54) is 0 Å². The molecule has 0 aliphatic rings. The molecule has 0 saturated carbocycles. The Bertz CT molecular complexity index is 290. The summed E-state index contributed by atoms with van der Waals surface area (Å²) in [7, 11) is -3.49. The van der Waals surface area contributed by atoms with Crippen LogP contribution in [-0.2, 0) is 14.8 Å². The monoisotopic (exact) mass is 237 g/mol. The molecule has 0 saturated heterocycles. The van der Waals surface area contributed by atoms with Gasteiger partial charge < -0.3 is 10.6 Å². The lowest BCUT2D eigenvalue weighted by atomic mass is 10.1. The predicted molar refractivity (Wildman–Crippen MR) is 58.7 cm³/mol. The molecule has 0 aromatic heterocycles. The minimum Gasteiger partial charge on any atom is -0.355 e. The van der Waals surface area contributed by atoms with Crippen LogP contribution < -0.4 is 15.8 Å². The van der Waals surface area contributed by atoms with Crippen LogP contribution in [0.3, 0.4) is 0 Å². The highest BCUT2D eigenvalue weighted by Crippen LogP contribution is 1.91. The van der Waals surface area contributed by atoms with E-state index in [1.54, 1.807) is 6.92 Å². The van der Waals surface area contributed by atoms with Gasteiger partial charge in [-0.2, -0.15) is 0 Å². The van der Waals surface area contributed by atoms with Gasteiger partial charge in [-0.3, -0.25) is 4.79 Å². The summed E-state index contributed by atoms with van der Waals surface area (Å²) < 4.78 is 21.1. The fourth-order valence-electron chi connectivity index (χ4n) is 0.944. The molecule has 0 bridgehead atoms. The lowest BCUT2D eigenvalue weighted by Crippen LogP contribution is -2.38. The second kappa shape index (κ2) is 6.76. The number of amides is 1. The summed E-state index contributed by atoms with van der Waals surface area (Å²) in [6.07, 6.45) is 0. The Labute approximate surface area is 90.7 Å². The number of carbonyl (C=O) groups excluding carboxylic acids is 1. The van der Waals surface area contributed by atoms with Gasteiger partial charge in [0, 0.05) is 19.0 Å². The quantitative estimate of drug-likeness (QED) is 0.509. The Kier molecular flexibility index (Phi) is 6.46. The molecule has 0 radical (unpaired) electrons. The lowest BCUT2D eigenvalue weighted by molar-refractivity contribution is -0.124. The van der Waals surface area contributed by atoms with Crippen LogP contribution in [0.25, 0.3) is 0 Å². The average molecular weight is 237 g/mol.